The molecule has 0 radical (unpaired) electrons. The first-order chi connectivity index (χ1) is 30.5. The van der Waals surface area contributed by atoms with Crippen LogP contribution in [-0.2, 0) is 12.8 Å². The molecule has 1 aromatic heterocycles. The predicted molar refractivity (Wildman–Crippen MR) is 260 cm³/mol. The second-order valence-electron chi connectivity index (χ2n) is 16.4. The molecule has 0 amide bonds. The minimum Gasteiger partial charge on any atom is -0.228 e. The molecular formula is C60H46N2. The summed E-state index contributed by atoms with van der Waals surface area (Å²) in [6.45, 7) is 11.7. The van der Waals surface area contributed by atoms with E-state index in [0.717, 1.165) is 56.8 Å². The number of fused-ring (bicyclic) bond motifs is 3. The highest BCUT2D eigenvalue weighted by Crippen LogP contribution is 2.47. The van der Waals surface area contributed by atoms with E-state index in [2.05, 4.69) is 195 Å². The van der Waals surface area contributed by atoms with Gasteiger partial charge in [0, 0.05) is 22.6 Å². The fourth-order valence-electron chi connectivity index (χ4n) is 9.14. The molecule has 1 aliphatic carbocycles. The molecule has 0 bridgehead atoms. The average molecular weight is 795 g/mol. The van der Waals surface area contributed by atoms with E-state index >= 15 is 0 Å². The molecule has 1 unspecified atom stereocenters. The van der Waals surface area contributed by atoms with Gasteiger partial charge in [0.1, 0.15) is 0 Å². The minimum absolute atomic E-state index is 0.0980. The van der Waals surface area contributed by atoms with Crippen molar-refractivity contribution in [2.45, 2.75) is 25.7 Å². The molecule has 0 saturated heterocycles. The zero-order chi connectivity index (χ0) is 42.0. The van der Waals surface area contributed by atoms with Crippen LogP contribution in [0.1, 0.15) is 39.3 Å². The van der Waals surface area contributed by atoms with E-state index < -0.39 is 0 Å². The number of aryl methyl sites for hydroxylation is 1. The Bertz CT molecular complexity index is 3120. The van der Waals surface area contributed by atoms with Gasteiger partial charge in [0.2, 0.25) is 0 Å². The van der Waals surface area contributed by atoms with Gasteiger partial charge in [-0.2, -0.15) is 0 Å². The first-order valence-corrected chi connectivity index (χ1v) is 21.4. The predicted octanol–water partition coefficient (Wildman–Crippen LogP) is 15.4. The van der Waals surface area contributed by atoms with Gasteiger partial charge >= 0.3 is 0 Å². The van der Waals surface area contributed by atoms with Crippen LogP contribution in [0.4, 0.5) is 0 Å². The highest BCUT2D eigenvalue weighted by Gasteiger charge is 2.28. The standard InChI is InChI=1S/C60H46N2/c1-40-19-10-12-27-51(40)53-29-13-11-24-47(53)33-41(2)49-34-43(36-57-42(3)52-28-14-15-30-54(52)55-31-16-17-32-56(55)57)35-50(38-49)59-39-58(61-60(62-59)45-22-8-5-9-23-45)48-26-18-25-46(37-48)44-20-6-4-7-21-44/h4-32,34-35,37-39,57H,2-3,33,36H2,1H3. The van der Waals surface area contributed by atoms with Gasteiger partial charge in [-0.3, -0.25) is 0 Å². The van der Waals surface area contributed by atoms with E-state index in [1.54, 1.807) is 0 Å². The number of nitrogens with zero attached hydrogens (tertiary/aromatic N) is 2. The van der Waals surface area contributed by atoms with E-state index in [1.807, 2.05) is 18.2 Å². The summed E-state index contributed by atoms with van der Waals surface area (Å²) in [6.07, 6.45) is 1.48. The van der Waals surface area contributed by atoms with Crippen LogP contribution in [0.15, 0.2) is 219 Å². The summed E-state index contributed by atoms with van der Waals surface area (Å²) in [5.74, 6) is 0.785. The molecule has 2 nitrogen and oxygen atoms in total. The van der Waals surface area contributed by atoms with Crippen LogP contribution in [-0.4, -0.2) is 9.97 Å². The Hall–Kier alpha value is -7.68. The maximum absolute atomic E-state index is 5.34. The van der Waals surface area contributed by atoms with Gasteiger partial charge in [-0.15, -0.1) is 0 Å². The van der Waals surface area contributed by atoms with E-state index in [0.29, 0.717) is 12.2 Å². The summed E-state index contributed by atoms with van der Waals surface area (Å²) in [5, 5.41) is 0. The lowest BCUT2D eigenvalue weighted by atomic mass is 9.73. The Morgan fingerprint density at radius 3 is 1.81 bits per heavy atom. The maximum atomic E-state index is 5.34. The van der Waals surface area contributed by atoms with Gasteiger partial charge in [0.05, 0.1) is 11.4 Å². The smallest absolute Gasteiger partial charge is 0.160 e. The van der Waals surface area contributed by atoms with Crippen LogP contribution in [0.25, 0.3) is 78.4 Å². The molecule has 0 aliphatic heterocycles. The molecule has 10 rings (SSSR count). The first kappa shape index (κ1) is 38.5. The van der Waals surface area contributed by atoms with Gasteiger partial charge in [-0.25, -0.2) is 9.97 Å². The number of allylic oxidation sites excluding steroid dienone is 2. The second kappa shape index (κ2) is 16.8. The quantitative estimate of drug-likeness (QED) is 0.138. The number of hydrogen-bond acceptors (Lipinski definition) is 2. The molecule has 0 spiro atoms. The van der Waals surface area contributed by atoms with Gasteiger partial charge in [0.25, 0.3) is 0 Å². The van der Waals surface area contributed by atoms with Crippen LogP contribution in [0.5, 0.6) is 0 Å². The third kappa shape index (κ3) is 7.64. The zero-order valence-electron chi connectivity index (χ0n) is 34.9. The van der Waals surface area contributed by atoms with Crippen molar-refractivity contribution in [3.63, 3.8) is 0 Å². The molecule has 0 saturated carbocycles. The van der Waals surface area contributed by atoms with Crippen LogP contribution >= 0.6 is 0 Å². The molecule has 1 heterocycles. The number of rotatable bonds is 10. The Morgan fingerprint density at radius 1 is 0.468 bits per heavy atom. The minimum atomic E-state index is 0.0980. The van der Waals surface area contributed by atoms with Crippen molar-refractivity contribution >= 4 is 11.1 Å². The number of hydrogen-bond donors (Lipinski definition) is 0. The molecule has 62 heavy (non-hydrogen) atoms. The third-order valence-electron chi connectivity index (χ3n) is 12.3. The molecule has 1 atom stereocenters. The van der Waals surface area contributed by atoms with Crippen LogP contribution in [0.3, 0.4) is 0 Å². The van der Waals surface area contributed by atoms with Crippen LogP contribution in [0, 0.1) is 6.92 Å². The Balaban J connectivity index is 1.12. The monoisotopic (exact) mass is 794 g/mol. The molecule has 9 aromatic rings. The summed E-state index contributed by atoms with van der Waals surface area (Å²) in [6, 6.07) is 73.5. The summed E-state index contributed by atoms with van der Waals surface area (Å²) in [4.78, 5) is 10.6. The normalized spacial score (nSPS) is 13.0. The SMILES string of the molecule is C=C(Cc1ccccc1-c1ccccc1C)c1cc(CC2C(=C)c3ccccc3-c3ccccc32)cc(-c2cc(-c3cccc(-c4ccccc4)c3)nc(-c3ccccc3)n2)c1. The van der Waals surface area contributed by atoms with E-state index in [1.165, 1.54) is 55.6 Å². The lowest BCUT2D eigenvalue weighted by Gasteiger charge is -2.30. The number of aromatic nitrogens is 2. The van der Waals surface area contributed by atoms with Crippen molar-refractivity contribution in [2.24, 2.45) is 0 Å². The third-order valence-corrected chi connectivity index (χ3v) is 12.3. The molecule has 0 fully saturated rings. The van der Waals surface area contributed by atoms with Crippen molar-refractivity contribution in [1.82, 2.24) is 9.97 Å². The number of benzene rings is 8. The fraction of sp³-hybridized carbons (Fsp3) is 0.0667. The van der Waals surface area contributed by atoms with Gasteiger partial charge in [-0.05, 0) is 122 Å². The van der Waals surface area contributed by atoms with Crippen molar-refractivity contribution in [3.8, 4) is 67.3 Å². The van der Waals surface area contributed by atoms with Crippen LogP contribution in [0.2, 0.25) is 0 Å². The van der Waals surface area contributed by atoms with Crippen molar-refractivity contribution < 1.29 is 0 Å². The highest BCUT2D eigenvalue weighted by molar-refractivity contribution is 5.90. The summed E-state index contributed by atoms with van der Waals surface area (Å²) < 4.78 is 0. The van der Waals surface area contributed by atoms with Gasteiger partial charge < -0.3 is 0 Å². The molecule has 8 aromatic carbocycles. The van der Waals surface area contributed by atoms with Crippen molar-refractivity contribution in [1.29, 1.82) is 0 Å². The Labute approximate surface area is 365 Å². The van der Waals surface area contributed by atoms with Gasteiger partial charge in [0.15, 0.2) is 5.82 Å². The molecule has 0 N–H and O–H groups in total. The maximum Gasteiger partial charge on any atom is 0.160 e. The highest BCUT2D eigenvalue weighted by atomic mass is 14.9. The lowest BCUT2D eigenvalue weighted by Crippen LogP contribution is -2.12. The largest absolute Gasteiger partial charge is 0.228 e. The zero-order valence-corrected chi connectivity index (χ0v) is 34.9. The average Bonchev–Trinajstić information content (AvgIpc) is 3.33. The van der Waals surface area contributed by atoms with E-state index in [-0.39, 0.29) is 5.92 Å². The van der Waals surface area contributed by atoms with E-state index in [9.17, 15) is 0 Å². The Kier molecular flexibility index (Phi) is 10.4. The summed E-state index contributed by atoms with van der Waals surface area (Å²) in [7, 11) is 0. The van der Waals surface area contributed by atoms with Gasteiger partial charge in [-0.1, -0.05) is 195 Å². The summed E-state index contributed by atoms with van der Waals surface area (Å²) in [5.41, 5.74) is 21.6. The van der Waals surface area contributed by atoms with Crippen LogP contribution < -0.4 is 0 Å². The molecule has 296 valence electrons. The van der Waals surface area contributed by atoms with E-state index in [4.69, 9.17) is 23.1 Å². The first-order valence-electron chi connectivity index (χ1n) is 21.4. The molecular weight excluding hydrogens is 749 g/mol. The topological polar surface area (TPSA) is 25.8 Å². The second-order valence-corrected chi connectivity index (χ2v) is 16.4. The Morgan fingerprint density at radius 2 is 1.05 bits per heavy atom. The van der Waals surface area contributed by atoms with Crippen molar-refractivity contribution in [2.75, 3.05) is 0 Å². The van der Waals surface area contributed by atoms with Crippen molar-refractivity contribution in [3.05, 3.63) is 253 Å². The molecule has 1 aliphatic rings. The fourth-order valence-corrected chi connectivity index (χ4v) is 9.14. The molecule has 2 heteroatoms. The summed E-state index contributed by atoms with van der Waals surface area (Å²) >= 11 is 0. The lowest BCUT2D eigenvalue weighted by molar-refractivity contribution is 0.850.